The first-order chi connectivity index (χ1) is 15.1. The Balaban J connectivity index is 1.45. The van der Waals surface area contributed by atoms with Gasteiger partial charge in [0.2, 0.25) is 10.0 Å². The molecular formula is C21H20F3N3O4S. The van der Waals surface area contributed by atoms with Crippen LogP contribution in [0.4, 0.5) is 13.2 Å². The van der Waals surface area contributed by atoms with Crippen molar-refractivity contribution >= 4 is 21.5 Å². The van der Waals surface area contributed by atoms with Gasteiger partial charge in [-0.1, -0.05) is 12.1 Å². The minimum absolute atomic E-state index is 0.0820. The molecular weight excluding hydrogens is 447 g/mol. The maximum absolute atomic E-state index is 12.8. The molecule has 170 valence electrons. The molecule has 1 aliphatic heterocycles. The third kappa shape index (κ3) is 5.28. The summed E-state index contributed by atoms with van der Waals surface area (Å²) >= 11 is 0. The van der Waals surface area contributed by atoms with Gasteiger partial charge in [-0.2, -0.15) is 4.31 Å². The van der Waals surface area contributed by atoms with Crippen molar-refractivity contribution < 1.29 is 31.1 Å². The van der Waals surface area contributed by atoms with Crippen molar-refractivity contribution in [3.05, 3.63) is 59.9 Å². The van der Waals surface area contributed by atoms with Crippen molar-refractivity contribution in [2.75, 3.05) is 13.1 Å². The summed E-state index contributed by atoms with van der Waals surface area (Å²) < 4.78 is 67.6. The molecule has 1 aromatic heterocycles. The number of hydrogen-bond acceptors (Lipinski definition) is 5. The number of benzene rings is 1. The lowest BCUT2D eigenvalue weighted by molar-refractivity contribution is -0.274. The summed E-state index contributed by atoms with van der Waals surface area (Å²) in [6.07, 6.45) is -0.793. The molecule has 11 heteroatoms. The monoisotopic (exact) mass is 467 g/mol. The Kier molecular flexibility index (Phi) is 5.95. The van der Waals surface area contributed by atoms with Crippen LogP contribution in [-0.4, -0.2) is 49.1 Å². The van der Waals surface area contributed by atoms with E-state index in [1.807, 2.05) is 0 Å². The van der Waals surface area contributed by atoms with Gasteiger partial charge in [-0.05, 0) is 61.2 Å². The van der Waals surface area contributed by atoms with Gasteiger partial charge < -0.3 is 10.1 Å². The first-order valence-electron chi connectivity index (χ1n) is 9.95. The van der Waals surface area contributed by atoms with Crippen molar-refractivity contribution in [2.45, 2.75) is 36.6 Å². The van der Waals surface area contributed by atoms with Crippen molar-refractivity contribution in [3.8, 4) is 5.75 Å². The Labute approximate surface area is 182 Å². The fourth-order valence-corrected chi connectivity index (χ4v) is 4.67. The molecule has 1 N–H and O–H groups in total. The molecule has 1 saturated carbocycles. The molecule has 4 rings (SSSR count). The number of halogens is 3. The summed E-state index contributed by atoms with van der Waals surface area (Å²) in [5.74, 6) is -0.720. The number of amides is 1. The summed E-state index contributed by atoms with van der Waals surface area (Å²) in [7, 11) is -3.89. The second-order valence-corrected chi connectivity index (χ2v) is 9.46. The number of sulfonamides is 1. The van der Waals surface area contributed by atoms with E-state index in [0.717, 1.165) is 42.7 Å². The highest BCUT2D eigenvalue weighted by Gasteiger charge is 2.32. The standard InChI is InChI=1S/C21H20F3N3O4S/c22-21(23,24)31-16-6-8-17(9-7-16)32(29,30)27-12-10-14(11-13-27)18-2-1-3-19(26-18)20(28)25-15-4-5-15/h1-3,6-10,15H,4-5,11-13H2,(H,25,28). The van der Waals surface area contributed by atoms with Crippen LogP contribution in [0.2, 0.25) is 0 Å². The lowest BCUT2D eigenvalue weighted by atomic mass is 10.1. The van der Waals surface area contributed by atoms with Crippen LogP contribution in [0, 0.1) is 0 Å². The highest BCUT2D eigenvalue weighted by atomic mass is 32.2. The molecule has 1 aliphatic carbocycles. The fourth-order valence-electron chi connectivity index (χ4n) is 3.29. The number of carbonyl (C=O) groups excluding carboxylic acids is 1. The van der Waals surface area contributed by atoms with Gasteiger partial charge in [-0.3, -0.25) is 4.79 Å². The zero-order valence-electron chi connectivity index (χ0n) is 16.8. The summed E-state index contributed by atoms with van der Waals surface area (Å²) in [6, 6.07) is 9.45. The first-order valence-corrected chi connectivity index (χ1v) is 11.4. The lowest BCUT2D eigenvalue weighted by Crippen LogP contribution is -2.34. The van der Waals surface area contributed by atoms with Gasteiger partial charge in [-0.15, -0.1) is 13.2 Å². The Bertz CT molecular complexity index is 1140. The highest BCUT2D eigenvalue weighted by molar-refractivity contribution is 7.89. The molecule has 1 fully saturated rings. The number of alkyl halides is 3. The maximum atomic E-state index is 12.8. The number of ether oxygens (including phenoxy) is 1. The average Bonchev–Trinajstić information content (AvgIpc) is 3.57. The van der Waals surface area contributed by atoms with Gasteiger partial charge in [0, 0.05) is 19.1 Å². The molecule has 7 nitrogen and oxygen atoms in total. The van der Waals surface area contributed by atoms with Crippen molar-refractivity contribution in [1.29, 1.82) is 0 Å². The van der Waals surface area contributed by atoms with E-state index in [2.05, 4.69) is 15.0 Å². The SMILES string of the molecule is O=C(NC1CC1)c1cccc(C2=CCN(S(=O)(=O)c3ccc(OC(F)(F)F)cc3)CC2)n1. The fraction of sp³-hybridized carbons (Fsp3) is 0.333. The van der Waals surface area contributed by atoms with Crippen LogP contribution in [0.25, 0.3) is 5.57 Å². The van der Waals surface area contributed by atoms with E-state index in [1.165, 1.54) is 4.31 Å². The van der Waals surface area contributed by atoms with Crippen LogP contribution in [0.5, 0.6) is 5.75 Å². The number of pyridine rings is 1. The van der Waals surface area contributed by atoms with Crippen LogP contribution in [0.3, 0.4) is 0 Å². The normalized spacial score (nSPS) is 17.5. The largest absolute Gasteiger partial charge is 0.573 e. The molecule has 0 bridgehead atoms. The third-order valence-electron chi connectivity index (χ3n) is 5.09. The second kappa shape index (κ2) is 8.55. The zero-order valence-corrected chi connectivity index (χ0v) is 17.6. The zero-order chi connectivity index (χ0) is 22.9. The van der Waals surface area contributed by atoms with Gasteiger partial charge >= 0.3 is 6.36 Å². The Morgan fingerprint density at radius 2 is 1.84 bits per heavy atom. The molecule has 2 aliphatic rings. The Hall–Kier alpha value is -2.92. The van der Waals surface area contributed by atoms with Crippen molar-refractivity contribution in [2.24, 2.45) is 0 Å². The third-order valence-corrected chi connectivity index (χ3v) is 6.97. The van der Waals surface area contributed by atoms with E-state index in [4.69, 9.17) is 0 Å². The van der Waals surface area contributed by atoms with E-state index in [-0.39, 0.29) is 29.9 Å². The molecule has 1 amide bonds. The van der Waals surface area contributed by atoms with Gasteiger partial charge in [0.05, 0.1) is 10.6 Å². The van der Waals surface area contributed by atoms with Crippen LogP contribution in [0.15, 0.2) is 53.4 Å². The van der Waals surface area contributed by atoms with Gasteiger partial charge in [0.1, 0.15) is 11.4 Å². The summed E-state index contributed by atoms with van der Waals surface area (Å²) in [6.45, 7) is 0.258. The summed E-state index contributed by atoms with van der Waals surface area (Å²) in [5.41, 5.74) is 1.75. The van der Waals surface area contributed by atoms with E-state index < -0.39 is 22.1 Å². The quantitative estimate of drug-likeness (QED) is 0.704. The minimum Gasteiger partial charge on any atom is -0.406 e. The van der Waals surface area contributed by atoms with E-state index >= 15 is 0 Å². The summed E-state index contributed by atoms with van der Waals surface area (Å²) in [4.78, 5) is 16.5. The lowest BCUT2D eigenvalue weighted by Gasteiger charge is -2.26. The molecule has 0 radical (unpaired) electrons. The number of hydrogen-bond donors (Lipinski definition) is 1. The molecule has 0 atom stereocenters. The number of aromatic nitrogens is 1. The smallest absolute Gasteiger partial charge is 0.406 e. The van der Waals surface area contributed by atoms with Crippen LogP contribution >= 0.6 is 0 Å². The number of nitrogens with one attached hydrogen (secondary N) is 1. The Morgan fingerprint density at radius 3 is 2.44 bits per heavy atom. The molecule has 32 heavy (non-hydrogen) atoms. The molecule has 0 spiro atoms. The average molecular weight is 467 g/mol. The predicted molar refractivity (Wildman–Crippen MR) is 109 cm³/mol. The minimum atomic E-state index is -4.85. The van der Waals surface area contributed by atoms with Gasteiger partial charge in [0.15, 0.2) is 0 Å². The number of carbonyl (C=O) groups is 1. The molecule has 2 aromatic rings. The van der Waals surface area contributed by atoms with E-state index in [1.54, 1.807) is 24.3 Å². The molecule has 2 heterocycles. The van der Waals surface area contributed by atoms with E-state index in [0.29, 0.717) is 17.8 Å². The second-order valence-electron chi connectivity index (χ2n) is 7.52. The number of rotatable bonds is 6. The number of nitrogens with zero attached hydrogens (tertiary/aromatic N) is 2. The van der Waals surface area contributed by atoms with Crippen molar-refractivity contribution in [1.82, 2.24) is 14.6 Å². The van der Waals surface area contributed by atoms with Crippen LogP contribution in [-0.2, 0) is 10.0 Å². The van der Waals surface area contributed by atoms with Crippen LogP contribution in [0.1, 0.15) is 35.4 Å². The summed E-state index contributed by atoms with van der Waals surface area (Å²) in [5, 5.41) is 2.88. The first kappa shape index (κ1) is 22.3. The predicted octanol–water partition coefficient (Wildman–Crippen LogP) is 3.35. The van der Waals surface area contributed by atoms with Crippen LogP contribution < -0.4 is 10.1 Å². The molecule has 0 saturated heterocycles. The topological polar surface area (TPSA) is 88.6 Å². The molecule has 0 unspecified atom stereocenters. The van der Waals surface area contributed by atoms with Gasteiger partial charge in [0.25, 0.3) is 5.91 Å². The van der Waals surface area contributed by atoms with Crippen molar-refractivity contribution in [3.63, 3.8) is 0 Å². The Morgan fingerprint density at radius 1 is 1.12 bits per heavy atom. The maximum Gasteiger partial charge on any atom is 0.573 e. The highest BCUT2D eigenvalue weighted by Crippen LogP contribution is 2.28. The van der Waals surface area contributed by atoms with E-state index in [9.17, 15) is 26.4 Å². The molecule has 1 aromatic carbocycles. The van der Waals surface area contributed by atoms with Gasteiger partial charge in [-0.25, -0.2) is 13.4 Å².